The molecule has 1 saturated carbocycles. The summed E-state index contributed by atoms with van der Waals surface area (Å²) in [7, 11) is 0. The van der Waals surface area contributed by atoms with Crippen molar-refractivity contribution in [1.29, 1.82) is 0 Å². The van der Waals surface area contributed by atoms with E-state index in [4.69, 9.17) is 20.9 Å². The zero-order valence-corrected chi connectivity index (χ0v) is 28.4. The molecular formula is C39H43F2N5O4. The van der Waals surface area contributed by atoms with Crippen LogP contribution in [0.3, 0.4) is 0 Å². The number of hydrogen-bond acceptors (Lipinski definition) is 9. The Bertz CT molecular complexity index is 1990. The van der Waals surface area contributed by atoms with Crippen LogP contribution in [-0.4, -0.2) is 87.2 Å². The van der Waals surface area contributed by atoms with Crippen molar-refractivity contribution in [1.82, 2.24) is 19.9 Å². The number of aromatic hydroxyl groups is 1. The van der Waals surface area contributed by atoms with E-state index in [0.717, 1.165) is 71.1 Å². The van der Waals surface area contributed by atoms with Gasteiger partial charge in [0.1, 0.15) is 28.6 Å². The molecule has 3 aliphatic heterocycles. The number of pyridine rings is 1. The fourth-order valence-corrected chi connectivity index (χ4v) is 9.16. The maximum atomic E-state index is 17.0. The van der Waals surface area contributed by atoms with Crippen LogP contribution < -0.4 is 9.64 Å². The summed E-state index contributed by atoms with van der Waals surface area (Å²) in [5.41, 5.74) is -1.07. The predicted octanol–water partition coefficient (Wildman–Crippen LogP) is 6.35. The van der Waals surface area contributed by atoms with Gasteiger partial charge in [0.15, 0.2) is 5.82 Å². The highest BCUT2D eigenvalue weighted by Gasteiger charge is 2.49. The number of phenols is 1. The third-order valence-corrected chi connectivity index (χ3v) is 11.4. The molecule has 4 aromatic rings. The number of phenolic OH excluding ortho intramolecular Hbond substituents is 1. The molecule has 3 saturated heterocycles. The van der Waals surface area contributed by atoms with Crippen molar-refractivity contribution in [2.75, 3.05) is 44.3 Å². The number of aromatic nitrogens is 3. The van der Waals surface area contributed by atoms with Crippen molar-refractivity contribution >= 4 is 27.5 Å². The van der Waals surface area contributed by atoms with Gasteiger partial charge >= 0.3 is 6.01 Å². The topological polar surface area (TPSA) is 104 Å². The van der Waals surface area contributed by atoms with Crippen LogP contribution in [0.4, 0.5) is 14.6 Å². The molecule has 5 heterocycles. The number of aliphatic hydroxyl groups is 1. The van der Waals surface area contributed by atoms with Crippen molar-refractivity contribution in [3.05, 3.63) is 47.7 Å². The Morgan fingerprint density at radius 2 is 1.92 bits per heavy atom. The first kappa shape index (κ1) is 33.1. The van der Waals surface area contributed by atoms with Gasteiger partial charge in [-0.25, -0.2) is 8.78 Å². The van der Waals surface area contributed by atoms with E-state index in [2.05, 4.69) is 20.8 Å². The summed E-state index contributed by atoms with van der Waals surface area (Å²) >= 11 is 0. The summed E-state index contributed by atoms with van der Waals surface area (Å²) in [5, 5.41) is 22.7. The highest BCUT2D eigenvalue weighted by molar-refractivity contribution is 6.03. The van der Waals surface area contributed by atoms with Gasteiger partial charge in [-0.1, -0.05) is 18.4 Å². The fourth-order valence-electron chi connectivity index (χ4n) is 9.16. The molecule has 2 aromatic heterocycles. The maximum absolute atomic E-state index is 17.0. The van der Waals surface area contributed by atoms with Gasteiger partial charge in [-0.05, 0) is 88.4 Å². The summed E-state index contributed by atoms with van der Waals surface area (Å²) in [4.78, 5) is 18.6. The van der Waals surface area contributed by atoms with E-state index in [1.807, 2.05) is 4.90 Å². The van der Waals surface area contributed by atoms with Crippen LogP contribution in [0.1, 0.15) is 70.3 Å². The van der Waals surface area contributed by atoms with E-state index < -0.39 is 17.2 Å². The van der Waals surface area contributed by atoms with Gasteiger partial charge in [0.05, 0.1) is 29.3 Å². The van der Waals surface area contributed by atoms with Crippen molar-refractivity contribution in [3.8, 4) is 35.4 Å². The largest absolute Gasteiger partial charge is 0.508 e. The first-order chi connectivity index (χ1) is 24.1. The summed E-state index contributed by atoms with van der Waals surface area (Å²) < 4.78 is 44.4. The normalized spacial score (nSPS) is 27.1. The minimum Gasteiger partial charge on any atom is -0.508 e. The van der Waals surface area contributed by atoms with Gasteiger partial charge in [-0.15, -0.1) is 6.42 Å². The molecule has 2 aromatic carbocycles. The van der Waals surface area contributed by atoms with Crippen molar-refractivity contribution < 1.29 is 28.5 Å². The van der Waals surface area contributed by atoms with Crippen molar-refractivity contribution in [2.24, 2.45) is 5.41 Å². The van der Waals surface area contributed by atoms with E-state index in [1.54, 1.807) is 6.92 Å². The van der Waals surface area contributed by atoms with Gasteiger partial charge in [-0.2, -0.15) is 9.97 Å². The number of hydrogen-bond donors (Lipinski definition) is 2. The zero-order valence-electron chi connectivity index (χ0n) is 28.4. The zero-order chi connectivity index (χ0) is 34.6. The predicted molar refractivity (Wildman–Crippen MR) is 187 cm³/mol. The molecule has 11 heteroatoms. The van der Waals surface area contributed by atoms with Crippen LogP contribution in [0.5, 0.6) is 11.8 Å². The molecule has 1 unspecified atom stereocenters. The average molecular weight is 684 g/mol. The molecule has 262 valence electrons. The minimum absolute atomic E-state index is 0.0144. The number of ether oxygens (including phenoxy) is 2. The van der Waals surface area contributed by atoms with Crippen LogP contribution in [0.25, 0.3) is 32.9 Å². The quantitative estimate of drug-likeness (QED) is 0.216. The second-order valence-corrected chi connectivity index (χ2v) is 15.0. The maximum Gasteiger partial charge on any atom is 0.319 e. The standard InChI is InChI=1S/C39H43F2N5O4/c1-3-27-30(40)11-10-24-18-25(47)19-28(32(24)27)34-33(41)35-29(20-42-34)36(46-16-6-12-38(2,48)22-46)44-37(43-35)50-23-39-13-4-9-31(39)45(15-7-14-39)21-26-8-5-17-49-26/h1,10-11,18-20,26,31,47-48H,4-9,12-17,21-23H2,2H3/t26?,31-,38-,39-/m1/s1. The molecule has 50 heavy (non-hydrogen) atoms. The van der Waals surface area contributed by atoms with Gasteiger partial charge < -0.3 is 24.6 Å². The molecule has 0 radical (unpaired) electrons. The van der Waals surface area contributed by atoms with Crippen LogP contribution in [0, 0.1) is 29.4 Å². The van der Waals surface area contributed by atoms with E-state index in [0.29, 0.717) is 48.7 Å². The third-order valence-electron chi connectivity index (χ3n) is 11.4. The number of halogens is 2. The molecular weight excluding hydrogens is 640 g/mol. The Morgan fingerprint density at radius 3 is 2.72 bits per heavy atom. The van der Waals surface area contributed by atoms with Crippen LogP contribution >= 0.6 is 0 Å². The molecule has 9 nitrogen and oxygen atoms in total. The van der Waals surface area contributed by atoms with Gasteiger partial charge in [0.25, 0.3) is 0 Å². The molecule has 1 aliphatic carbocycles. The Morgan fingerprint density at radius 1 is 1.08 bits per heavy atom. The highest BCUT2D eigenvalue weighted by Crippen LogP contribution is 2.48. The summed E-state index contributed by atoms with van der Waals surface area (Å²) in [6, 6.07) is 5.94. The Hall–Kier alpha value is -4.11. The summed E-state index contributed by atoms with van der Waals surface area (Å²) in [5.74, 6) is 1.28. The van der Waals surface area contributed by atoms with Gasteiger partial charge in [-0.3, -0.25) is 9.88 Å². The second-order valence-electron chi connectivity index (χ2n) is 15.0. The number of piperidine rings is 2. The van der Waals surface area contributed by atoms with Crippen LogP contribution in [-0.2, 0) is 4.74 Å². The molecule has 0 spiro atoms. The number of likely N-dealkylation sites (tertiary alicyclic amines) is 1. The van der Waals surface area contributed by atoms with Gasteiger partial charge in [0.2, 0.25) is 0 Å². The molecule has 0 amide bonds. The fraction of sp³-hybridized carbons (Fsp3) is 0.513. The highest BCUT2D eigenvalue weighted by atomic mass is 19.1. The number of terminal acetylenes is 1. The number of benzene rings is 2. The van der Waals surface area contributed by atoms with E-state index in [1.165, 1.54) is 30.5 Å². The van der Waals surface area contributed by atoms with Crippen molar-refractivity contribution in [2.45, 2.75) is 82.5 Å². The lowest BCUT2D eigenvalue weighted by Gasteiger charge is -2.46. The number of nitrogens with zero attached hydrogens (tertiary/aromatic N) is 5. The summed E-state index contributed by atoms with van der Waals surface area (Å²) in [6.07, 6.45) is 16.4. The lowest BCUT2D eigenvalue weighted by molar-refractivity contribution is -0.0252. The van der Waals surface area contributed by atoms with E-state index in [-0.39, 0.29) is 51.0 Å². The lowest BCUT2D eigenvalue weighted by atomic mass is 9.75. The SMILES string of the molecule is C#Cc1c(F)ccc2cc(O)cc(-c3ncc4c(N5CCC[C@@](C)(O)C5)nc(OC[C@]56CCC[C@H]5N(CC5CCCO5)CCC6)nc4c3F)c12. The van der Waals surface area contributed by atoms with Gasteiger partial charge in [0, 0.05) is 54.8 Å². The molecule has 4 fully saturated rings. The Kier molecular flexibility index (Phi) is 8.53. The Labute approximate surface area is 290 Å². The molecule has 0 bridgehead atoms. The number of β-amino-alcohol motifs (C(OH)–C–C–N with tert-alkyl or cyclic N) is 1. The van der Waals surface area contributed by atoms with Crippen LogP contribution in [0.2, 0.25) is 0 Å². The van der Waals surface area contributed by atoms with E-state index >= 15 is 4.39 Å². The number of rotatable bonds is 7. The minimum atomic E-state index is -0.955. The first-order valence-corrected chi connectivity index (χ1v) is 17.9. The first-order valence-electron chi connectivity index (χ1n) is 17.9. The number of fused-ring (bicyclic) bond motifs is 3. The van der Waals surface area contributed by atoms with E-state index in [9.17, 15) is 14.6 Å². The number of anilines is 1. The molecule has 4 atom stereocenters. The molecule has 2 N–H and O–H groups in total. The third kappa shape index (κ3) is 5.91. The average Bonchev–Trinajstić information content (AvgIpc) is 3.78. The Balaban J connectivity index is 1.21. The molecule has 4 aliphatic rings. The summed E-state index contributed by atoms with van der Waals surface area (Å²) in [6.45, 7) is 5.93. The second kappa shape index (κ2) is 12.9. The smallest absolute Gasteiger partial charge is 0.319 e. The van der Waals surface area contributed by atoms with Crippen molar-refractivity contribution in [3.63, 3.8) is 0 Å². The monoisotopic (exact) mass is 683 g/mol. The lowest BCUT2D eigenvalue weighted by Crippen LogP contribution is -2.53. The molecule has 8 rings (SSSR count). The van der Waals surface area contributed by atoms with Crippen LogP contribution in [0.15, 0.2) is 30.5 Å².